The lowest BCUT2D eigenvalue weighted by molar-refractivity contribution is 0.585. The number of hydrogen-bond acceptors (Lipinski definition) is 6. The number of hydrogen-bond donors (Lipinski definition) is 0. The summed E-state index contributed by atoms with van der Waals surface area (Å²) in [4.78, 5) is 18.7. The van der Waals surface area contributed by atoms with Gasteiger partial charge in [-0.3, -0.25) is 0 Å². The van der Waals surface area contributed by atoms with Crippen molar-refractivity contribution in [3.8, 4) is 11.6 Å². The van der Waals surface area contributed by atoms with Crippen LogP contribution in [0.3, 0.4) is 0 Å². The number of halogens is 1. The van der Waals surface area contributed by atoms with Crippen LogP contribution in [0, 0.1) is 8.48 Å². The Morgan fingerprint density at radius 1 is 1.50 bits per heavy atom. The van der Waals surface area contributed by atoms with E-state index in [1.807, 2.05) is 6.26 Å². The minimum atomic E-state index is 0.0304. The SMILES string of the molecule is CSc1nc(-c2ccc(N=O)o2)ncc1I. The molecule has 2 aromatic heterocycles. The van der Waals surface area contributed by atoms with Gasteiger partial charge in [0.1, 0.15) is 5.03 Å². The molecular formula is C9H6IN3O2S. The zero-order valence-corrected chi connectivity index (χ0v) is 11.2. The number of thioether (sulfide) groups is 1. The van der Waals surface area contributed by atoms with Crippen LogP contribution in [0.1, 0.15) is 0 Å². The third-order valence-corrected chi connectivity index (χ3v) is 3.66. The van der Waals surface area contributed by atoms with Crippen molar-refractivity contribution >= 4 is 40.2 Å². The molecule has 0 aliphatic rings. The third kappa shape index (κ3) is 2.24. The van der Waals surface area contributed by atoms with Gasteiger partial charge in [-0.05, 0) is 34.9 Å². The fourth-order valence-corrected chi connectivity index (χ4v) is 2.46. The summed E-state index contributed by atoms with van der Waals surface area (Å²) in [5, 5.41) is 3.58. The van der Waals surface area contributed by atoms with Gasteiger partial charge in [0.15, 0.2) is 11.6 Å². The minimum Gasteiger partial charge on any atom is -0.432 e. The number of aromatic nitrogens is 2. The number of nitroso groups, excluding NO2 is 1. The highest BCUT2D eigenvalue weighted by Crippen LogP contribution is 2.26. The maximum Gasteiger partial charge on any atom is 0.261 e. The van der Waals surface area contributed by atoms with Crippen LogP contribution in [0.25, 0.3) is 11.6 Å². The third-order valence-electron chi connectivity index (χ3n) is 1.81. The Hall–Kier alpha value is -0.960. The zero-order valence-electron chi connectivity index (χ0n) is 8.18. The Kier molecular flexibility index (Phi) is 3.54. The summed E-state index contributed by atoms with van der Waals surface area (Å²) in [5.41, 5.74) is 0. The Bertz CT molecular complexity index is 529. The Morgan fingerprint density at radius 3 is 2.94 bits per heavy atom. The summed E-state index contributed by atoms with van der Waals surface area (Å²) >= 11 is 3.70. The average Bonchev–Trinajstić information content (AvgIpc) is 2.78. The zero-order chi connectivity index (χ0) is 11.5. The van der Waals surface area contributed by atoms with E-state index in [-0.39, 0.29) is 5.88 Å². The Balaban J connectivity index is 2.43. The predicted octanol–water partition coefficient (Wildman–Crippen LogP) is 3.46. The van der Waals surface area contributed by atoms with Crippen molar-refractivity contribution in [2.45, 2.75) is 5.03 Å². The van der Waals surface area contributed by atoms with Gasteiger partial charge >= 0.3 is 0 Å². The smallest absolute Gasteiger partial charge is 0.261 e. The van der Waals surface area contributed by atoms with E-state index in [0.29, 0.717) is 11.6 Å². The van der Waals surface area contributed by atoms with Crippen molar-refractivity contribution in [2.75, 3.05) is 6.26 Å². The van der Waals surface area contributed by atoms with E-state index in [2.05, 4.69) is 37.7 Å². The van der Waals surface area contributed by atoms with Gasteiger partial charge in [-0.15, -0.1) is 16.7 Å². The van der Waals surface area contributed by atoms with Gasteiger partial charge in [0, 0.05) is 17.4 Å². The molecule has 0 aromatic carbocycles. The normalized spacial score (nSPS) is 10.4. The molecule has 0 atom stereocenters. The first kappa shape index (κ1) is 11.5. The molecule has 0 radical (unpaired) electrons. The maximum atomic E-state index is 10.2. The highest BCUT2D eigenvalue weighted by atomic mass is 127. The van der Waals surface area contributed by atoms with E-state index in [4.69, 9.17) is 4.42 Å². The van der Waals surface area contributed by atoms with Gasteiger partial charge < -0.3 is 4.42 Å². The van der Waals surface area contributed by atoms with E-state index in [0.717, 1.165) is 8.60 Å². The van der Waals surface area contributed by atoms with Crippen LogP contribution in [0.15, 0.2) is 32.9 Å². The molecule has 2 rings (SSSR count). The van der Waals surface area contributed by atoms with Crippen molar-refractivity contribution < 1.29 is 4.42 Å². The Labute approximate surface area is 109 Å². The van der Waals surface area contributed by atoms with Crippen molar-refractivity contribution in [3.05, 3.63) is 26.8 Å². The van der Waals surface area contributed by atoms with E-state index in [1.165, 1.54) is 17.8 Å². The van der Waals surface area contributed by atoms with Crippen LogP contribution in [-0.4, -0.2) is 16.2 Å². The van der Waals surface area contributed by atoms with E-state index < -0.39 is 0 Å². The van der Waals surface area contributed by atoms with Gasteiger partial charge in [-0.2, -0.15) is 0 Å². The first-order valence-electron chi connectivity index (χ1n) is 4.24. The summed E-state index contributed by atoms with van der Waals surface area (Å²) in [6, 6.07) is 3.12. The van der Waals surface area contributed by atoms with Crippen LogP contribution in [0.2, 0.25) is 0 Å². The maximum absolute atomic E-state index is 10.2. The van der Waals surface area contributed by atoms with Crippen molar-refractivity contribution in [2.24, 2.45) is 5.18 Å². The molecule has 2 aromatic rings. The monoisotopic (exact) mass is 347 g/mol. The summed E-state index contributed by atoms with van der Waals surface area (Å²) in [6.07, 6.45) is 3.65. The second-order valence-corrected chi connectivity index (χ2v) is 4.74. The second kappa shape index (κ2) is 4.91. The molecule has 0 bridgehead atoms. The van der Waals surface area contributed by atoms with Crippen molar-refractivity contribution in [1.82, 2.24) is 9.97 Å². The molecule has 0 aliphatic carbocycles. The molecule has 7 heteroatoms. The molecule has 0 saturated heterocycles. The molecule has 2 heterocycles. The van der Waals surface area contributed by atoms with Gasteiger partial charge in [0.2, 0.25) is 0 Å². The molecule has 0 N–H and O–H groups in total. The summed E-state index contributed by atoms with van der Waals surface area (Å²) < 4.78 is 6.12. The van der Waals surface area contributed by atoms with Gasteiger partial charge in [0.25, 0.3) is 5.88 Å². The average molecular weight is 347 g/mol. The van der Waals surface area contributed by atoms with Gasteiger partial charge in [0.05, 0.1) is 3.57 Å². The first-order valence-corrected chi connectivity index (χ1v) is 6.55. The largest absolute Gasteiger partial charge is 0.432 e. The van der Waals surface area contributed by atoms with Crippen LogP contribution in [0.5, 0.6) is 0 Å². The quantitative estimate of drug-likeness (QED) is 0.368. The lowest BCUT2D eigenvalue weighted by Crippen LogP contribution is -1.92. The van der Waals surface area contributed by atoms with Crippen LogP contribution >= 0.6 is 34.4 Å². The topological polar surface area (TPSA) is 68.3 Å². The standard InChI is InChI=1S/C9H6IN3O2S/c1-16-9-5(10)4-11-8(12-9)6-2-3-7(13-14)15-6/h2-4H,1H3. The molecule has 82 valence electrons. The van der Waals surface area contributed by atoms with Crippen LogP contribution in [-0.2, 0) is 0 Å². The second-order valence-electron chi connectivity index (χ2n) is 2.78. The number of nitrogens with zero attached hydrogens (tertiary/aromatic N) is 3. The van der Waals surface area contributed by atoms with Crippen molar-refractivity contribution in [3.63, 3.8) is 0 Å². The van der Waals surface area contributed by atoms with E-state index in [9.17, 15) is 4.91 Å². The molecule has 0 spiro atoms. The predicted molar refractivity (Wildman–Crippen MR) is 69.7 cm³/mol. The molecule has 0 unspecified atom stereocenters. The van der Waals surface area contributed by atoms with E-state index >= 15 is 0 Å². The summed E-state index contributed by atoms with van der Waals surface area (Å²) in [7, 11) is 0. The van der Waals surface area contributed by atoms with Gasteiger partial charge in [-0.1, -0.05) is 0 Å². The summed E-state index contributed by atoms with van der Waals surface area (Å²) in [6.45, 7) is 0. The van der Waals surface area contributed by atoms with E-state index in [1.54, 1.807) is 12.3 Å². The molecule has 0 saturated carbocycles. The van der Waals surface area contributed by atoms with Crippen LogP contribution in [0.4, 0.5) is 5.88 Å². The van der Waals surface area contributed by atoms with Gasteiger partial charge in [-0.25, -0.2) is 9.97 Å². The Morgan fingerprint density at radius 2 is 2.31 bits per heavy atom. The molecule has 0 aliphatic heterocycles. The minimum absolute atomic E-state index is 0.0304. The molecule has 16 heavy (non-hydrogen) atoms. The highest BCUT2D eigenvalue weighted by Gasteiger charge is 2.10. The summed E-state index contributed by atoms with van der Waals surface area (Å²) in [5.74, 6) is 0.934. The fraction of sp³-hybridized carbons (Fsp3) is 0.111. The number of furan rings is 1. The highest BCUT2D eigenvalue weighted by molar-refractivity contribution is 14.1. The lowest BCUT2D eigenvalue weighted by Gasteiger charge is -2.00. The lowest BCUT2D eigenvalue weighted by atomic mass is 10.4. The first-order chi connectivity index (χ1) is 7.74. The van der Waals surface area contributed by atoms with Crippen molar-refractivity contribution in [1.29, 1.82) is 0 Å². The molecule has 5 nitrogen and oxygen atoms in total. The number of rotatable bonds is 3. The molecule has 0 fully saturated rings. The molecular weight excluding hydrogens is 341 g/mol. The van der Waals surface area contributed by atoms with Crippen LogP contribution < -0.4 is 0 Å². The molecule has 0 amide bonds. The fourth-order valence-electron chi connectivity index (χ4n) is 1.11.